The van der Waals surface area contributed by atoms with Crippen LogP contribution in [-0.2, 0) is 4.79 Å². The lowest BCUT2D eigenvalue weighted by molar-refractivity contribution is -0.162. The molecule has 1 atom stereocenters. The lowest BCUT2D eigenvalue weighted by atomic mass is 9.80. The molecule has 1 unspecified atom stereocenters. The second-order valence-corrected chi connectivity index (χ2v) is 4.21. The molecule has 1 saturated carbocycles. The third kappa shape index (κ3) is 2.49. The van der Waals surface area contributed by atoms with Crippen LogP contribution in [0.15, 0.2) is 11.1 Å². The van der Waals surface area contributed by atoms with Gasteiger partial charge in [0.05, 0.1) is 0 Å². The van der Waals surface area contributed by atoms with Crippen molar-refractivity contribution in [2.45, 2.75) is 18.8 Å². The number of rotatable bonds is 3. The first-order valence-corrected chi connectivity index (χ1v) is 4.71. The van der Waals surface area contributed by atoms with Crippen LogP contribution in [0, 0.1) is 5.92 Å². The van der Waals surface area contributed by atoms with Crippen molar-refractivity contribution in [3.8, 4) is 0 Å². The van der Waals surface area contributed by atoms with Crippen molar-refractivity contribution < 1.29 is 13.6 Å². The van der Waals surface area contributed by atoms with Crippen molar-refractivity contribution in [2.75, 3.05) is 6.54 Å². The summed E-state index contributed by atoms with van der Waals surface area (Å²) in [5.74, 6) is -4.53. The molecule has 0 aliphatic heterocycles. The van der Waals surface area contributed by atoms with E-state index in [-0.39, 0.29) is 19.4 Å². The first kappa shape index (κ1) is 10.6. The molecule has 0 aromatic rings. The summed E-state index contributed by atoms with van der Waals surface area (Å²) in [5, 5.41) is 2.37. The Kier molecular flexibility index (Phi) is 3.05. The van der Waals surface area contributed by atoms with E-state index in [9.17, 15) is 13.6 Å². The highest BCUT2D eigenvalue weighted by Gasteiger charge is 2.52. The summed E-state index contributed by atoms with van der Waals surface area (Å²) in [7, 11) is 0. The summed E-state index contributed by atoms with van der Waals surface area (Å²) >= 11 is 3.02. The van der Waals surface area contributed by atoms with Gasteiger partial charge in [-0.2, -0.15) is 0 Å². The van der Waals surface area contributed by atoms with Crippen molar-refractivity contribution in [3.05, 3.63) is 11.1 Å². The van der Waals surface area contributed by atoms with E-state index in [1.165, 1.54) is 0 Å². The highest BCUT2D eigenvalue weighted by Crippen LogP contribution is 2.43. The van der Waals surface area contributed by atoms with Gasteiger partial charge in [-0.05, 0) is 6.42 Å². The standard InChI is InChI=1S/C8H10BrF2NO/c1-5(9)4-12-7(13)6-2-3-8(6,10)11/h6H,1-4H2,(H,12,13). The maximum atomic E-state index is 12.7. The van der Waals surface area contributed by atoms with Crippen LogP contribution >= 0.6 is 15.9 Å². The fraction of sp³-hybridized carbons (Fsp3) is 0.625. The Hall–Kier alpha value is -0.450. The topological polar surface area (TPSA) is 29.1 Å². The average molecular weight is 254 g/mol. The summed E-state index contributed by atoms with van der Waals surface area (Å²) in [6, 6.07) is 0. The van der Waals surface area contributed by atoms with E-state index in [4.69, 9.17) is 0 Å². The first-order valence-electron chi connectivity index (χ1n) is 3.92. The van der Waals surface area contributed by atoms with Gasteiger partial charge in [0, 0.05) is 17.4 Å². The summed E-state index contributed by atoms with van der Waals surface area (Å²) < 4.78 is 25.9. The van der Waals surface area contributed by atoms with Gasteiger partial charge in [-0.1, -0.05) is 22.5 Å². The van der Waals surface area contributed by atoms with Crippen LogP contribution in [0.2, 0.25) is 0 Å². The average Bonchev–Trinajstić information content (AvgIpc) is 1.99. The number of hydrogen-bond acceptors (Lipinski definition) is 1. The third-order valence-electron chi connectivity index (χ3n) is 2.05. The van der Waals surface area contributed by atoms with Crippen LogP contribution in [0.5, 0.6) is 0 Å². The second kappa shape index (κ2) is 3.74. The fourth-order valence-corrected chi connectivity index (χ4v) is 1.28. The maximum Gasteiger partial charge on any atom is 0.259 e. The van der Waals surface area contributed by atoms with Crippen LogP contribution in [0.3, 0.4) is 0 Å². The van der Waals surface area contributed by atoms with Gasteiger partial charge in [0.2, 0.25) is 5.91 Å². The molecule has 1 rings (SSSR count). The van der Waals surface area contributed by atoms with Crippen LogP contribution in [0.4, 0.5) is 8.78 Å². The number of nitrogens with one attached hydrogen (secondary N) is 1. The predicted molar refractivity (Wildman–Crippen MR) is 48.7 cm³/mol. The van der Waals surface area contributed by atoms with Crippen molar-refractivity contribution in [1.82, 2.24) is 5.32 Å². The van der Waals surface area contributed by atoms with Crippen LogP contribution in [-0.4, -0.2) is 18.4 Å². The minimum atomic E-state index is -2.81. The smallest absolute Gasteiger partial charge is 0.259 e. The molecule has 0 radical (unpaired) electrons. The van der Waals surface area contributed by atoms with E-state index in [0.717, 1.165) is 0 Å². The number of carbonyl (C=O) groups excluding carboxylic acids is 1. The lowest BCUT2D eigenvalue weighted by Gasteiger charge is -2.34. The van der Waals surface area contributed by atoms with Crippen molar-refractivity contribution in [3.63, 3.8) is 0 Å². The molecule has 1 aliphatic carbocycles. The quantitative estimate of drug-likeness (QED) is 0.820. The zero-order valence-electron chi connectivity index (χ0n) is 6.95. The van der Waals surface area contributed by atoms with E-state index in [2.05, 4.69) is 27.8 Å². The zero-order valence-corrected chi connectivity index (χ0v) is 8.53. The number of hydrogen-bond donors (Lipinski definition) is 1. The number of alkyl halides is 2. The molecule has 5 heteroatoms. The van der Waals surface area contributed by atoms with Gasteiger partial charge < -0.3 is 5.32 Å². The minimum absolute atomic E-state index is 0.180. The van der Waals surface area contributed by atoms with Crippen LogP contribution < -0.4 is 5.32 Å². The molecule has 0 saturated heterocycles. The Balaban J connectivity index is 2.36. The normalized spacial score (nSPS) is 24.7. The van der Waals surface area contributed by atoms with Gasteiger partial charge in [-0.15, -0.1) is 0 Å². The maximum absolute atomic E-state index is 12.7. The van der Waals surface area contributed by atoms with E-state index in [1.807, 2.05) is 0 Å². The molecule has 0 spiro atoms. The Labute approximate surface area is 83.5 Å². The predicted octanol–water partition coefficient (Wildman–Crippen LogP) is 2.06. The molecule has 0 heterocycles. The Bertz CT molecular complexity index is 242. The van der Waals surface area contributed by atoms with Gasteiger partial charge in [0.15, 0.2) is 0 Å². The number of amides is 1. The lowest BCUT2D eigenvalue weighted by Crippen LogP contribution is -2.48. The third-order valence-corrected chi connectivity index (χ3v) is 2.33. The van der Waals surface area contributed by atoms with Crippen LogP contribution in [0.25, 0.3) is 0 Å². The SMILES string of the molecule is C=C(Br)CNC(=O)C1CCC1(F)F. The molecule has 1 amide bonds. The van der Waals surface area contributed by atoms with Crippen LogP contribution in [0.1, 0.15) is 12.8 Å². The summed E-state index contributed by atoms with van der Waals surface area (Å²) in [4.78, 5) is 11.1. The van der Waals surface area contributed by atoms with Gasteiger partial charge in [-0.3, -0.25) is 4.79 Å². The van der Waals surface area contributed by atoms with Gasteiger partial charge in [-0.25, -0.2) is 8.78 Å². The largest absolute Gasteiger partial charge is 0.351 e. The van der Waals surface area contributed by atoms with E-state index < -0.39 is 17.7 Å². The molecule has 74 valence electrons. The van der Waals surface area contributed by atoms with E-state index >= 15 is 0 Å². The molecular weight excluding hydrogens is 244 g/mol. The highest BCUT2D eigenvalue weighted by atomic mass is 79.9. The van der Waals surface area contributed by atoms with Gasteiger partial charge in [0.1, 0.15) is 5.92 Å². The molecule has 1 fully saturated rings. The molecule has 2 nitrogen and oxygen atoms in total. The van der Waals surface area contributed by atoms with Crippen molar-refractivity contribution in [1.29, 1.82) is 0 Å². The summed E-state index contributed by atoms with van der Waals surface area (Å²) in [6.07, 6.45) is 0.0912. The molecule has 0 bridgehead atoms. The molecule has 13 heavy (non-hydrogen) atoms. The second-order valence-electron chi connectivity index (χ2n) is 3.09. The highest BCUT2D eigenvalue weighted by molar-refractivity contribution is 9.11. The molecular formula is C8H10BrF2NO. The Morgan fingerprint density at radius 2 is 2.31 bits per heavy atom. The number of carbonyl (C=O) groups is 1. The molecule has 0 aromatic carbocycles. The molecule has 1 N–H and O–H groups in total. The molecule has 1 aliphatic rings. The first-order chi connectivity index (χ1) is 5.93. The van der Waals surface area contributed by atoms with E-state index in [0.29, 0.717) is 4.48 Å². The van der Waals surface area contributed by atoms with Crippen molar-refractivity contribution in [2.24, 2.45) is 5.92 Å². The summed E-state index contributed by atoms with van der Waals surface area (Å²) in [5.41, 5.74) is 0. The van der Waals surface area contributed by atoms with Gasteiger partial charge in [0.25, 0.3) is 5.92 Å². The summed E-state index contributed by atoms with van der Waals surface area (Å²) in [6.45, 7) is 3.68. The zero-order chi connectivity index (χ0) is 10.1. The monoisotopic (exact) mass is 253 g/mol. The molecule has 0 aromatic heterocycles. The van der Waals surface area contributed by atoms with Gasteiger partial charge >= 0.3 is 0 Å². The Morgan fingerprint density at radius 1 is 1.69 bits per heavy atom. The van der Waals surface area contributed by atoms with E-state index in [1.54, 1.807) is 0 Å². The number of halogens is 3. The Morgan fingerprint density at radius 3 is 2.62 bits per heavy atom. The minimum Gasteiger partial charge on any atom is -0.351 e. The fourth-order valence-electron chi connectivity index (χ4n) is 1.14. The van der Waals surface area contributed by atoms with Crippen molar-refractivity contribution >= 4 is 21.8 Å².